The van der Waals surface area contributed by atoms with Gasteiger partial charge in [-0.3, -0.25) is 4.79 Å². The summed E-state index contributed by atoms with van der Waals surface area (Å²) in [7, 11) is 4.49. The van der Waals surface area contributed by atoms with Crippen LogP contribution in [0.25, 0.3) is 0 Å². The number of likely N-dealkylation sites (N-methyl/N-ethyl adjacent to an activating group) is 1. The van der Waals surface area contributed by atoms with Crippen molar-refractivity contribution in [1.29, 1.82) is 0 Å². The molecule has 4 rings (SSSR count). The third-order valence-electron chi connectivity index (χ3n) is 5.97. The standard InChI is InChI=1S/C18H23NO4.BrH/c1-19(2)14-8-12(9-15(19)17-16(14)23-17)22-18(21)13(10-20)11-6-4-3-5-7-11;/h3-7,12-17H,8-10H2,1-2H3;1H. The maximum absolute atomic E-state index is 12.5. The van der Waals surface area contributed by atoms with Crippen molar-refractivity contribution in [3.8, 4) is 0 Å². The van der Waals surface area contributed by atoms with Crippen molar-refractivity contribution in [3.63, 3.8) is 0 Å². The maximum Gasteiger partial charge on any atom is 0.312 e. The number of hydrogen-bond donors (Lipinski definition) is 0. The van der Waals surface area contributed by atoms with Crippen LogP contribution in [0.4, 0.5) is 0 Å². The van der Waals surface area contributed by atoms with Gasteiger partial charge in [-0.05, 0) is 5.56 Å². The van der Waals surface area contributed by atoms with Gasteiger partial charge < -0.3 is 19.1 Å². The lowest BCUT2D eigenvalue weighted by Gasteiger charge is -2.45. The second-order valence-electron chi connectivity index (χ2n) is 7.49. The largest absolute Gasteiger partial charge is 0.854 e. The van der Waals surface area contributed by atoms with Crippen LogP contribution in [0.5, 0.6) is 0 Å². The number of carbonyl (C=O) groups excluding carboxylic acids is 1. The summed E-state index contributed by atoms with van der Waals surface area (Å²) in [5.74, 6) is -1.08. The molecule has 0 radical (unpaired) electrons. The van der Waals surface area contributed by atoms with Gasteiger partial charge in [0, 0.05) is 12.8 Å². The fourth-order valence-electron chi connectivity index (χ4n) is 4.53. The molecule has 2 bridgehead atoms. The van der Waals surface area contributed by atoms with Crippen molar-refractivity contribution in [2.45, 2.75) is 49.2 Å². The Balaban J connectivity index is 0.00000169. The molecule has 0 spiro atoms. The second kappa shape index (κ2) is 6.41. The third kappa shape index (κ3) is 2.79. The van der Waals surface area contributed by atoms with E-state index in [-0.39, 0.29) is 29.1 Å². The van der Waals surface area contributed by atoms with Crippen LogP contribution in [-0.4, -0.2) is 61.6 Å². The summed E-state index contributed by atoms with van der Waals surface area (Å²) in [6.07, 6.45) is 2.25. The predicted molar refractivity (Wildman–Crippen MR) is 91.8 cm³/mol. The Kier molecular flexibility index (Phi) is 4.77. The lowest BCUT2D eigenvalue weighted by molar-refractivity contribution is -0.938. The minimum Gasteiger partial charge on any atom is -0.854 e. The number of halogens is 1. The van der Waals surface area contributed by atoms with Crippen LogP contribution >= 0.6 is 17.0 Å². The molecule has 0 aromatic heterocycles. The molecule has 132 valence electrons. The number of ether oxygens (including phenoxy) is 2. The SMILES string of the molecule is Br.C[N+]1(C)C2CC(OC(=O)C(C[O-])c3ccccc3)CC1C1OC12. The van der Waals surface area contributed by atoms with Crippen LogP contribution < -0.4 is 5.11 Å². The smallest absolute Gasteiger partial charge is 0.312 e. The van der Waals surface area contributed by atoms with E-state index in [4.69, 9.17) is 9.47 Å². The average molecular weight is 398 g/mol. The van der Waals surface area contributed by atoms with Crippen molar-refractivity contribution < 1.29 is 23.9 Å². The van der Waals surface area contributed by atoms with Gasteiger partial charge in [-0.15, -0.1) is 23.6 Å². The van der Waals surface area contributed by atoms with Crippen LogP contribution in [0.2, 0.25) is 0 Å². The molecule has 3 aliphatic heterocycles. The Labute approximate surface area is 152 Å². The van der Waals surface area contributed by atoms with E-state index < -0.39 is 12.5 Å². The van der Waals surface area contributed by atoms with E-state index in [0.29, 0.717) is 24.3 Å². The average Bonchev–Trinajstić information content (AvgIpc) is 3.27. The zero-order valence-electron chi connectivity index (χ0n) is 14.0. The first kappa shape index (κ1) is 17.9. The maximum atomic E-state index is 12.5. The monoisotopic (exact) mass is 397 g/mol. The number of nitrogens with zero attached hydrogens (tertiary/aromatic N) is 1. The van der Waals surface area contributed by atoms with Crippen LogP contribution in [0.15, 0.2) is 30.3 Å². The summed E-state index contributed by atoms with van der Waals surface area (Å²) in [4.78, 5) is 12.5. The molecule has 0 amide bonds. The molecule has 1 aromatic carbocycles. The number of carbonyl (C=O) groups is 1. The lowest BCUT2D eigenvalue weighted by atomic mass is 9.95. The van der Waals surface area contributed by atoms with Crippen LogP contribution in [0.3, 0.4) is 0 Å². The van der Waals surface area contributed by atoms with Crippen molar-refractivity contribution in [3.05, 3.63) is 35.9 Å². The Morgan fingerprint density at radius 2 is 1.83 bits per heavy atom. The molecular weight excluding hydrogens is 374 g/mol. The number of morpholine rings is 1. The van der Waals surface area contributed by atoms with E-state index in [0.717, 1.165) is 22.9 Å². The first-order chi connectivity index (χ1) is 11.0. The Bertz CT molecular complexity index is 588. The summed E-state index contributed by atoms with van der Waals surface area (Å²) >= 11 is 0. The van der Waals surface area contributed by atoms with Gasteiger partial charge in [-0.2, -0.15) is 0 Å². The van der Waals surface area contributed by atoms with Gasteiger partial charge in [0.25, 0.3) is 0 Å². The highest BCUT2D eigenvalue weighted by Crippen LogP contribution is 2.51. The first-order valence-corrected chi connectivity index (χ1v) is 8.34. The fraction of sp³-hybridized carbons (Fsp3) is 0.611. The van der Waals surface area contributed by atoms with Crippen LogP contribution in [0.1, 0.15) is 24.3 Å². The Morgan fingerprint density at radius 1 is 1.25 bits per heavy atom. The number of esters is 1. The number of quaternary nitrogens is 1. The van der Waals surface area contributed by atoms with Crippen molar-refractivity contribution in [2.75, 3.05) is 20.7 Å². The molecule has 3 aliphatic rings. The molecule has 5 nitrogen and oxygen atoms in total. The zero-order chi connectivity index (χ0) is 16.2. The fourth-order valence-corrected chi connectivity index (χ4v) is 4.53. The minimum atomic E-state index is -0.705. The summed E-state index contributed by atoms with van der Waals surface area (Å²) in [6.45, 7) is -0.474. The summed E-state index contributed by atoms with van der Waals surface area (Å²) in [5.41, 5.74) is 0.744. The van der Waals surface area contributed by atoms with E-state index in [1.54, 1.807) is 0 Å². The number of fused-ring (bicyclic) bond motifs is 5. The summed E-state index contributed by atoms with van der Waals surface area (Å²) in [5, 5.41) is 11.5. The number of epoxide rings is 1. The van der Waals surface area contributed by atoms with Crippen LogP contribution in [0, 0.1) is 0 Å². The highest BCUT2D eigenvalue weighted by molar-refractivity contribution is 8.93. The van der Waals surface area contributed by atoms with Crippen molar-refractivity contribution in [1.82, 2.24) is 0 Å². The number of piperidine rings is 1. The zero-order valence-corrected chi connectivity index (χ0v) is 15.7. The molecule has 0 N–H and O–H groups in total. The van der Waals surface area contributed by atoms with Crippen LogP contribution in [-0.2, 0) is 14.3 Å². The normalized spacial score (nSPS) is 36.2. The topological polar surface area (TPSA) is 61.9 Å². The molecule has 0 saturated carbocycles. The van der Waals surface area contributed by atoms with E-state index in [1.165, 1.54) is 0 Å². The predicted octanol–water partition coefficient (Wildman–Crippen LogP) is 1.01. The molecule has 24 heavy (non-hydrogen) atoms. The number of hydrogen-bond acceptors (Lipinski definition) is 4. The van der Waals surface area contributed by atoms with E-state index in [9.17, 15) is 9.90 Å². The first-order valence-electron chi connectivity index (χ1n) is 8.34. The molecule has 3 saturated heterocycles. The summed E-state index contributed by atoms with van der Waals surface area (Å²) < 4.78 is 12.4. The van der Waals surface area contributed by atoms with E-state index in [2.05, 4.69) is 14.1 Å². The van der Waals surface area contributed by atoms with Gasteiger partial charge in [0.2, 0.25) is 0 Å². The van der Waals surface area contributed by atoms with Gasteiger partial charge in [-0.1, -0.05) is 30.3 Å². The molecular formula is C18H24BrNO4. The highest BCUT2D eigenvalue weighted by atomic mass is 79.9. The third-order valence-corrected chi connectivity index (χ3v) is 5.97. The molecule has 3 fully saturated rings. The number of benzene rings is 1. The molecule has 0 aliphatic carbocycles. The van der Waals surface area contributed by atoms with Gasteiger partial charge in [0.15, 0.2) is 0 Å². The van der Waals surface area contributed by atoms with Gasteiger partial charge in [0.05, 0.1) is 20.0 Å². The molecule has 1 aromatic rings. The van der Waals surface area contributed by atoms with Crippen molar-refractivity contribution in [2.24, 2.45) is 0 Å². The Morgan fingerprint density at radius 3 is 2.38 bits per heavy atom. The molecule has 5 unspecified atom stereocenters. The lowest BCUT2D eigenvalue weighted by Crippen LogP contribution is -2.60. The van der Waals surface area contributed by atoms with Gasteiger partial charge in [-0.25, -0.2) is 0 Å². The second-order valence-corrected chi connectivity index (χ2v) is 7.49. The number of rotatable bonds is 4. The van der Waals surface area contributed by atoms with E-state index >= 15 is 0 Å². The minimum absolute atomic E-state index is 0. The molecule has 6 heteroatoms. The van der Waals surface area contributed by atoms with Crippen molar-refractivity contribution >= 4 is 23.0 Å². The summed E-state index contributed by atoms with van der Waals surface area (Å²) in [6, 6.07) is 10.0. The highest BCUT2D eigenvalue weighted by Gasteiger charge is 2.70. The van der Waals surface area contributed by atoms with Gasteiger partial charge >= 0.3 is 5.97 Å². The Hall–Kier alpha value is -0.950. The van der Waals surface area contributed by atoms with E-state index in [1.807, 2.05) is 30.3 Å². The molecule has 3 heterocycles. The molecule has 5 atom stereocenters. The quantitative estimate of drug-likeness (QED) is 0.432. The van der Waals surface area contributed by atoms with Gasteiger partial charge in [0.1, 0.15) is 30.4 Å².